The molecule has 5 unspecified atom stereocenters. The summed E-state index contributed by atoms with van der Waals surface area (Å²) in [5.74, 6) is 1.34. The molecule has 1 saturated carbocycles. The maximum absolute atomic E-state index is 10.6. The summed E-state index contributed by atoms with van der Waals surface area (Å²) in [7, 11) is 0. The molecule has 2 heteroatoms. The van der Waals surface area contributed by atoms with Gasteiger partial charge in [-0.2, -0.15) is 0 Å². The summed E-state index contributed by atoms with van der Waals surface area (Å²) < 4.78 is 0. The first-order chi connectivity index (χ1) is 14.0. The maximum Gasteiger partial charge on any atom is 0.0822 e. The molecule has 2 nitrogen and oxygen atoms in total. The molecule has 0 aliphatic heterocycles. The van der Waals surface area contributed by atoms with Gasteiger partial charge in [-0.3, -0.25) is 0 Å². The van der Waals surface area contributed by atoms with Crippen LogP contribution in [-0.2, 0) is 0 Å². The molecule has 1 fully saturated rings. The van der Waals surface area contributed by atoms with Crippen molar-refractivity contribution in [3.63, 3.8) is 0 Å². The molecular weight excluding hydrogens is 368 g/mol. The number of fused-ring (bicyclic) bond motifs is 1. The molecule has 3 aliphatic rings. The highest BCUT2D eigenvalue weighted by atomic mass is 16.3. The molecule has 0 aromatic rings. The lowest BCUT2D eigenvalue weighted by molar-refractivity contribution is 0.0614. The lowest BCUT2D eigenvalue weighted by Crippen LogP contribution is -2.31. The van der Waals surface area contributed by atoms with Gasteiger partial charge in [-0.15, -0.1) is 0 Å². The van der Waals surface area contributed by atoms with Crippen LogP contribution in [0.25, 0.3) is 0 Å². The van der Waals surface area contributed by atoms with E-state index >= 15 is 0 Å². The molecule has 0 saturated heterocycles. The summed E-state index contributed by atoms with van der Waals surface area (Å²) in [5, 5.41) is 20.7. The number of aliphatic hydroxyl groups is 2. The van der Waals surface area contributed by atoms with Crippen LogP contribution < -0.4 is 0 Å². The van der Waals surface area contributed by atoms with Crippen LogP contribution in [-0.4, -0.2) is 21.9 Å². The Morgan fingerprint density at radius 1 is 1.07 bits per heavy atom. The first-order valence-corrected chi connectivity index (χ1v) is 12.2. The number of allylic oxidation sites excluding steroid dienone is 6. The van der Waals surface area contributed by atoms with Gasteiger partial charge in [-0.1, -0.05) is 63.1 Å². The normalized spacial score (nSPS) is 33.6. The second-order valence-electron chi connectivity index (χ2n) is 11.1. The van der Waals surface area contributed by atoms with Gasteiger partial charge >= 0.3 is 0 Å². The molecule has 30 heavy (non-hydrogen) atoms. The molecule has 0 radical (unpaired) electrons. The lowest BCUT2D eigenvalue weighted by atomic mass is 9.65. The van der Waals surface area contributed by atoms with E-state index in [1.54, 1.807) is 11.1 Å². The van der Waals surface area contributed by atoms with Crippen LogP contribution in [0.2, 0.25) is 0 Å². The summed E-state index contributed by atoms with van der Waals surface area (Å²) in [6, 6.07) is 0. The third-order valence-corrected chi connectivity index (χ3v) is 8.63. The molecular formula is C28H44O2. The summed E-state index contributed by atoms with van der Waals surface area (Å²) >= 11 is 0. The number of hydrogen-bond acceptors (Lipinski definition) is 2. The monoisotopic (exact) mass is 412 g/mol. The predicted octanol–water partition coefficient (Wildman–Crippen LogP) is 6.90. The zero-order valence-corrected chi connectivity index (χ0v) is 20.2. The van der Waals surface area contributed by atoms with Crippen LogP contribution in [0, 0.1) is 23.2 Å². The number of hydrogen-bond donors (Lipinski definition) is 2. The molecule has 0 heterocycles. The minimum Gasteiger partial charge on any atom is -0.393 e. The highest BCUT2D eigenvalue weighted by Gasteiger charge is 2.46. The first kappa shape index (κ1) is 23.5. The van der Waals surface area contributed by atoms with Crippen LogP contribution in [0.15, 0.2) is 46.6 Å². The van der Waals surface area contributed by atoms with Gasteiger partial charge in [-0.05, 0) is 99.5 Å². The summed E-state index contributed by atoms with van der Waals surface area (Å²) in [4.78, 5) is 0. The smallest absolute Gasteiger partial charge is 0.0822 e. The van der Waals surface area contributed by atoms with Gasteiger partial charge < -0.3 is 10.2 Å². The highest BCUT2D eigenvalue weighted by molar-refractivity contribution is 5.40. The molecule has 0 aromatic heterocycles. The molecule has 0 spiro atoms. The Bertz CT molecular complexity index is 749. The van der Waals surface area contributed by atoms with Gasteiger partial charge in [0.15, 0.2) is 0 Å². The number of aliphatic hydroxyl groups excluding tert-OH is 1. The topological polar surface area (TPSA) is 40.5 Å². The molecule has 2 N–H and O–H groups in total. The second-order valence-corrected chi connectivity index (χ2v) is 11.1. The van der Waals surface area contributed by atoms with Crippen LogP contribution in [0.1, 0.15) is 92.9 Å². The lowest BCUT2D eigenvalue weighted by Gasteiger charge is -2.40. The zero-order chi connectivity index (χ0) is 22.1. The highest BCUT2D eigenvalue weighted by Crippen LogP contribution is 2.57. The van der Waals surface area contributed by atoms with Gasteiger partial charge in [0.05, 0.1) is 11.7 Å². The Kier molecular flexibility index (Phi) is 7.19. The predicted molar refractivity (Wildman–Crippen MR) is 127 cm³/mol. The van der Waals surface area contributed by atoms with Gasteiger partial charge in [0.2, 0.25) is 0 Å². The third-order valence-electron chi connectivity index (χ3n) is 8.63. The van der Waals surface area contributed by atoms with Crippen LogP contribution in [0.5, 0.6) is 0 Å². The van der Waals surface area contributed by atoms with E-state index in [0.29, 0.717) is 11.8 Å². The summed E-state index contributed by atoms with van der Waals surface area (Å²) in [5.41, 5.74) is 5.57. The van der Waals surface area contributed by atoms with E-state index in [-0.39, 0.29) is 17.4 Å². The largest absolute Gasteiger partial charge is 0.393 e. The van der Waals surface area contributed by atoms with Gasteiger partial charge in [0.1, 0.15) is 0 Å². The van der Waals surface area contributed by atoms with Gasteiger partial charge in [0.25, 0.3) is 0 Å². The van der Waals surface area contributed by atoms with Crippen molar-refractivity contribution < 1.29 is 10.2 Å². The molecule has 3 rings (SSSR count). The SMILES string of the molecule is CC1=C(C=CC2=C3CCC(C(C)C=CC(C)(O)C(C)C)C3(C)CCC2)CC(O)CC1. The van der Waals surface area contributed by atoms with E-state index < -0.39 is 5.60 Å². The fourth-order valence-electron chi connectivity index (χ4n) is 5.97. The van der Waals surface area contributed by atoms with Crippen molar-refractivity contribution in [2.24, 2.45) is 23.2 Å². The van der Waals surface area contributed by atoms with E-state index in [4.69, 9.17) is 0 Å². The first-order valence-electron chi connectivity index (χ1n) is 12.2. The summed E-state index contributed by atoms with van der Waals surface area (Å²) in [6.45, 7) is 13.1. The van der Waals surface area contributed by atoms with Crippen molar-refractivity contribution in [1.29, 1.82) is 0 Å². The fourth-order valence-corrected chi connectivity index (χ4v) is 5.97. The van der Waals surface area contributed by atoms with Crippen molar-refractivity contribution in [3.8, 4) is 0 Å². The van der Waals surface area contributed by atoms with E-state index in [1.807, 2.05) is 13.0 Å². The molecule has 0 aromatic carbocycles. The summed E-state index contributed by atoms with van der Waals surface area (Å²) in [6.07, 6.45) is 17.8. The van der Waals surface area contributed by atoms with E-state index in [2.05, 4.69) is 52.8 Å². The molecule has 5 atom stereocenters. The molecule has 168 valence electrons. The minimum absolute atomic E-state index is 0.172. The Balaban J connectivity index is 1.81. The maximum atomic E-state index is 10.6. The zero-order valence-electron chi connectivity index (χ0n) is 20.2. The van der Waals surface area contributed by atoms with Crippen molar-refractivity contribution in [2.75, 3.05) is 0 Å². The van der Waals surface area contributed by atoms with Crippen molar-refractivity contribution >= 4 is 0 Å². The van der Waals surface area contributed by atoms with E-state index in [0.717, 1.165) is 19.3 Å². The standard InChI is InChI=1S/C28H44O2/c1-19(2)28(6,30)17-15-21(4)25-13-14-26-22(8-7-16-27(25,26)5)10-11-23-18-24(29)12-9-20(23)3/h10-11,15,17,19,21,24-25,29-30H,7-9,12-14,16,18H2,1-6H3. The van der Waals surface area contributed by atoms with Gasteiger partial charge in [-0.25, -0.2) is 0 Å². The van der Waals surface area contributed by atoms with Crippen LogP contribution in [0.4, 0.5) is 0 Å². The van der Waals surface area contributed by atoms with Gasteiger partial charge in [0, 0.05) is 0 Å². The molecule has 0 amide bonds. The number of rotatable bonds is 6. The fraction of sp³-hybridized carbons (Fsp3) is 0.714. The average molecular weight is 413 g/mol. The minimum atomic E-state index is -0.733. The Hall–Kier alpha value is -1.12. The second kappa shape index (κ2) is 9.17. The van der Waals surface area contributed by atoms with Crippen LogP contribution >= 0.6 is 0 Å². The van der Waals surface area contributed by atoms with Crippen molar-refractivity contribution in [1.82, 2.24) is 0 Å². The Morgan fingerprint density at radius 3 is 2.47 bits per heavy atom. The van der Waals surface area contributed by atoms with E-state index in [9.17, 15) is 10.2 Å². The van der Waals surface area contributed by atoms with Crippen LogP contribution in [0.3, 0.4) is 0 Å². The Morgan fingerprint density at radius 2 is 1.77 bits per heavy atom. The van der Waals surface area contributed by atoms with E-state index in [1.165, 1.54) is 43.3 Å². The molecule has 3 aliphatic carbocycles. The van der Waals surface area contributed by atoms with Crippen molar-refractivity contribution in [2.45, 2.75) is 105 Å². The average Bonchev–Trinajstić information content (AvgIpc) is 3.04. The Labute approximate surface area is 184 Å². The molecule has 0 bridgehead atoms. The van der Waals surface area contributed by atoms with Crippen molar-refractivity contribution in [3.05, 3.63) is 46.6 Å². The quantitative estimate of drug-likeness (QED) is 0.466. The third kappa shape index (κ3) is 4.86.